The highest BCUT2D eigenvalue weighted by atomic mass is 16.7. The Labute approximate surface area is 185 Å². The Morgan fingerprint density at radius 3 is 2.28 bits per heavy atom. The number of anilines is 1. The SMILES string of the molecule is COCOC(=O)c1ccccc1-c1ccc(OC)cc1C(=O)Nc1ccc(C(=N)N)cc1. The Bertz CT molecular complexity index is 1140. The van der Waals surface area contributed by atoms with Gasteiger partial charge < -0.3 is 25.3 Å². The molecule has 8 heteroatoms. The van der Waals surface area contributed by atoms with E-state index in [1.807, 2.05) is 0 Å². The Balaban J connectivity index is 2.00. The molecular formula is C24H23N3O5. The minimum atomic E-state index is -0.565. The average molecular weight is 433 g/mol. The molecular weight excluding hydrogens is 410 g/mol. The van der Waals surface area contributed by atoms with Gasteiger partial charge in [0.05, 0.1) is 18.2 Å². The zero-order valence-electron chi connectivity index (χ0n) is 17.7. The maximum Gasteiger partial charge on any atom is 0.340 e. The number of nitrogens with two attached hydrogens (primary N) is 1. The summed E-state index contributed by atoms with van der Waals surface area (Å²) >= 11 is 0. The van der Waals surface area contributed by atoms with Crippen LogP contribution in [0.15, 0.2) is 66.7 Å². The van der Waals surface area contributed by atoms with Crippen molar-refractivity contribution in [3.05, 3.63) is 83.4 Å². The van der Waals surface area contributed by atoms with Crippen LogP contribution in [0.4, 0.5) is 5.69 Å². The summed E-state index contributed by atoms with van der Waals surface area (Å²) in [7, 11) is 2.93. The lowest BCUT2D eigenvalue weighted by Crippen LogP contribution is -2.15. The van der Waals surface area contributed by atoms with Crippen LogP contribution in [-0.4, -0.2) is 38.7 Å². The minimum absolute atomic E-state index is 0.0603. The van der Waals surface area contributed by atoms with Crippen LogP contribution in [0.1, 0.15) is 26.3 Å². The summed E-state index contributed by atoms with van der Waals surface area (Å²) in [6, 6.07) is 18.5. The van der Waals surface area contributed by atoms with Gasteiger partial charge in [0.25, 0.3) is 5.91 Å². The van der Waals surface area contributed by atoms with E-state index in [-0.39, 0.29) is 12.6 Å². The molecule has 0 saturated carbocycles. The molecule has 0 aliphatic carbocycles. The van der Waals surface area contributed by atoms with Gasteiger partial charge in [0.2, 0.25) is 0 Å². The van der Waals surface area contributed by atoms with Crippen molar-refractivity contribution in [2.24, 2.45) is 5.73 Å². The number of hydrogen-bond acceptors (Lipinski definition) is 6. The van der Waals surface area contributed by atoms with E-state index in [0.717, 1.165) is 0 Å². The zero-order valence-corrected chi connectivity index (χ0v) is 17.7. The van der Waals surface area contributed by atoms with Crippen molar-refractivity contribution < 1.29 is 23.8 Å². The molecule has 32 heavy (non-hydrogen) atoms. The number of carbonyl (C=O) groups is 2. The summed E-state index contributed by atoms with van der Waals surface area (Å²) in [5.41, 5.74) is 8.24. The minimum Gasteiger partial charge on any atom is -0.497 e. The second-order valence-corrected chi connectivity index (χ2v) is 6.74. The number of rotatable bonds is 8. The first-order chi connectivity index (χ1) is 15.4. The van der Waals surface area contributed by atoms with Crippen LogP contribution in [-0.2, 0) is 9.47 Å². The number of ether oxygens (including phenoxy) is 3. The molecule has 1 amide bonds. The van der Waals surface area contributed by atoms with E-state index >= 15 is 0 Å². The molecule has 8 nitrogen and oxygen atoms in total. The van der Waals surface area contributed by atoms with Gasteiger partial charge in [-0.1, -0.05) is 18.2 Å². The van der Waals surface area contributed by atoms with Gasteiger partial charge in [-0.2, -0.15) is 0 Å². The van der Waals surface area contributed by atoms with Crippen molar-refractivity contribution in [3.63, 3.8) is 0 Å². The lowest BCUT2D eigenvalue weighted by molar-refractivity contribution is -0.0124. The largest absolute Gasteiger partial charge is 0.497 e. The van der Waals surface area contributed by atoms with Crippen molar-refractivity contribution >= 4 is 23.4 Å². The molecule has 0 heterocycles. The van der Waals surface area contributed by atoms with Crippen molar-refractivity contribution in [2.75, 3.05) is 26.3 Å². The molecule has 0 unspecified atom stereocenters. The van der Waals surface area contributed by atoms with E-state index in [9.17, 15) is 9.59 Å². The highest BCUT2D eigenvalue weighted by Gasteiger charge is 2.20. The summed E-state index contributed by atoms with van der Waals surface area (Å²) in [5, 5.41) is 10.3. The first kappa shape index (κ1) is 22.5. The lowest BCUT2D eigenvalue weighted by Gasteiger charge is -2.15. The van der Waals surface area contributed by atoms with E-state index in [0.29, 0.717) is 39.3 Å². The Kier molecular flexibility index (Phi) is 7.20. The van der Waals surface area contributed by atoms with Gasteiger partial charge in [0.1, 0.15) is 11.6 Å². The number of amidine groups is 1. The smallest absolute Gasteiger partial charge is 0.340 e. The summed E-state index contributed by atoms with van der Waals surface area (Å²) in [6.07, 6.45) is 0. The quantitative estimate of drug-likeness (QED) is 0.216. The molecule has 0 radical (unpaired) electrons. The number of nitrogens with one attached hydrogen (secondary N) is 2. The predicted octanol–water partition coefficient (Wildman–Crippen LogP) is 3.66. The van der Waals surface area contributed by atoms with Gasteiger partial charge in [-0.3, -0.25) is 10.2 Å². The standard InChI is InChI=1S/C24H23N3O5/c1-30-14-32-24(29)20-6-4-3-5-18(20)19-12-11-17(31-2)13-21(19)23(28)27-16-9-7-15(8-10-16)22(25)26/h3-13H,14H2,1-2H3,(H3,25,26)(H,27,28). The maximum atomic E-state index is 13.2. The molecule has 0 aromatic heterocycles. The molecule has 0 spiro atoms. The third-order valence-corrected chi connectivity index (χ3v) is 4.67. The number of methoxy groups -OCH3 is 2. The molecule has 0 aliphatic rings. The van der Waals surface area contributed by atoms with E-state index in [1.165, 1.54) is 14.2 Å². The molecule has 3 aromatic carbocycles. The van der Waals surface area contributed by atoms with Crippen LogP contribution < -0.4 is 15.8 Å². The van der Waals surface area contributed by atoms with Crippen molar-refractivity contribution in [1.29, 1.82) is 5.41 Å². The molecule has 0 saturated heterocycles. The molecule has 4 N–H and O–H groups in total. The third-order valence-electron chi connectivity index (χ3n) is 4.67. The summed E-state index contributed by atoms with van der Waals surface area (Å²) in [6.45, 7) is -0.181. The van der Waals surface area contributed by atoms with Crippen molar-refractivity contribution in [3.8, 4) is 16.9 Å². The Morgan fingerprint density at radius 2 is 1.62 bits per heavy atom. The second-order valence-electron chi connectivity index (χ2n) is 6.74. The van der Waals surface area contributed by atoms with Crippen LogP contribution >= 0.6 is 0 Å². The van der Waals surface area contributed by atoms with Crippen LogP contribution in [0.2, 0.25) is 0 Å². The number of benzene rings is 3. The van der Waals surface area contributed by atoms with Crippen LogP contribution in [0.25, 0.3) is 11.1 Å². The average Bonchev–Trinajstić information content (AvgIpc) is 2.82. The second kappa shape index (κ2) is 10.2. The molecule has 0 bridgehead atoms. The van der Waals surface area contributed by atoms with Crippen LogP contribution in [0, 0.1) is 5.41 Å². The van der Waals surface area contributed by atoms with Gasteiger partial charge in [-0.15, -0.1) is 0 Å². The number of hydrogen-bond donors (Lipinski definition) is 3. The molecule has 0 atom stereocenters. The van der Waals surface area contributed by atoms with Gasteiger partial charge in [-0.25, -0.2) is 4.79 Å². The number of nitrogen functional groups attached to an aromatic ring is 1. The van der Waals surface area contributed by atoms with Gasteiger partial charge in [-0.05, 0) is 59.7 Å². The maximum absolute atomic E-state index is 13.2. The fourth-order valence-corrected chi connectivity index (χ4v) is 3.09. The number of carbonyl (C=O) groups excluding carboxylic acids is 2. The van der Waals surface area contributed by atoms with Crippen LogP contribution in [0.5, 0.6) is 5.75 Å². The van der Waals surface area contributed by atoms with E-state index in [2.05, 4.69) is 5.32 Å². The first-order valence-electron chi connectivity index (χ1n) is 9.64. The van der Waals surface area contributed by atoms with Gasteiger partial charge in [0.15, 0.2) is 6.79 Å². The molecule has 0 aliphatic heterocycles. The lowest BCUT2D eigenvalue weighted by atomic mass is 9.94. The zero-order chi connectivity index (χ0) is 23.1. The van der Waals surface area contributed by atoms with E-state index < -0.39 is 11.9 Å². The highest BCUT2D eigenvalue weighted by molar-refractivity contribution is 6.11. The van der Waals surface area contributed by atoms with E-state index in [1.54, 1.807) is 66.7 Å². The van der Waals surface area contributed by atoms with Gasteiger partial charge >= 0.3 is 5.97 Å². The van der Waals surface area contributed by atoms with Crippen molar-refractivity contribution in [2.45, 2.75) is 0 Å². The fourth-order valence-electron chi connectivity index (χ4n) is 3.09. The van der Waals surface area contributed by atoms with Gasteiger partial charge in [0, 0.05) is 18.4 Å². The first-order valence-corrected chi connectivity index (χ1v) is 9.64. The topological polar surface area (TPSA) is 124 Å². The van der Waals surface area contributed by atoms with Crippen LogP contribution in [0.3, 0.4) is 0 Å². The third kappa shape index (κ3) is 5.11. The van der Waals surface area contributed by atoms with Crippen molar-refractivity contribution in [1.82, 2.24) is 0 Å². The molecule has 3 aromatic rings. The molecule has 3 rings (SSSR count). The number of esters is 1. The summed E-state index contributed by atoms with van der Waals surface area (Å²) in [5.74, 6) is -0.529. The van der Waals surface area contributed by atoms with E-state index in [4.69, 9.17) is 25.4 Å². The Morgan fingerprint density at radius 1 is 0.938 bits per heavy atom. The highest BCUT2D eigenvalue weighted by Crippen LogP contribution is 2.31. The normalized spacial score (nSPS) is 10.3. The molecule has 164 valence electrons. The fraction of sp³-hybridized carbons (Fsp3) is 0.125. The predicted molar refractivity (Wildman–Crippen MR) is 121 cm³/mol. The monoisotopic (exact) mass is 433 g/mol. The summed E-state index contributed by atoms with van der Waals surface area (Å²) < 4.78 is 15.2. The Hall–Kier alpha value is -4.17. The summed E-state index contributed by atoms with van der Waals surface area (Å²) in [4.78, 5) is 25.7. The number of amides is 1. The molecule has 0 fully saturated rings.